The topological polar surface area (TPSA) is 63.8 Å². The first-order valence-corrected chi connectivity index (χ1v) is 9.88. The van der Waals surface area contributed by atoms with Crippen LogP contribution in [0.2, 0.25) is 0 Å². The van der Waals surface area contributed by atoms with Crippen LogP contribution in [0.3, 0.4) is 0 Å². The highest BCUT2D eigenvalue weighted by molar-refractivity contribution is 5.71. The molecule has 27 heavy (non-hydrogen) atoms. The van der Waals surface area contributed by atoms with Gasteiger partial charge in [0.1, 0.15) is 5.82 Å². The summed E-state index contributed by atoms with van der Waals surface area (Å²) in [7, 11) is 0. The molecule has 0 atom stereocenters. The lowest BCUT2D eigenvalue weighted by Crippen LogP contribution is -2.13. The van der Waals surface area contributed by atoms with Crippen LogP contribution >= 0.6 is 0 Å². The zero-order valence-electron chi connectivity index (χ0n) is 17.4. The summed E-state index contributed by atoms with van der Waals surface area (Å²) in [6, 6.07) is 6.97. The molecular formula is C22H35FN4. The minimum Gasteiger partial charge on any atom is -0.385 e. The van der Waals surface area contributed by atoms with Crippen molar-refractivity contribution in [2.24, 2.45) is 5.73 Å². The lowest BCUT2D eigenvalue weighted by Gasteiger charge is -2.13. The Balaban J connectivity index is 0.00000123. The second-order valence-corrected chi connectivity index (χ2v) is 5.57. The highest BCUT2D eigenvalue weighted by atomic mass is 19.1. The van der Waals surface area contributed by atoms with Crippen molar-refractivity contribution in [2.45, 2.75) is 53.9 Å². The summed E-state index contributed by atoms with van der Waals surface area (Å²) in [5.41, 5.74) is 8.19. The van der Waals surface area contributed by atoms with E-state index in [9.17, 15) is 4.39 Å². The molecule has 150 valence electrons. The van der Waals surface area contributed by atoms with Gasteiger partial charge in [-0.15, -0.1) is 0 Å². The molecule has 0 bridgehead atoms. The third-order valence-electron chi connectivity index (χ3n) is 3.38. The van der Waals surface area contributed by atoms with Gasteiger partial charge in [-0.1, -0.05) is 47.1 Å². The third kappa shape index (κ3) is 9.29. The fourth-order valence-electron chi connectivity index (χ4n) is 2.20. The molecule has 0 spiro atoms. The molecule has 0 fully saturated rings. The molecular weight excluding hydrogens is 339 g/mol. The van der Waals surface area contributed by atoms with Crippen molar-refractivity contribution in [2.75, 3.05) is 13.1 Å². The molecule has 3 N–H and O–H groups in total. The SMILES string of the molecule is CC.CCCC=C(NCCC)c1ccc(F)c(-c2ccnnc2)c1.CCN. The van der Waals surface area contributed by atoms with E-state index in [1.807, 2.05) is 32.9 Å². The first-order chi connectivity index (χ1) is 13.2. The van der Waals surface area contributed by atoms with Gasteiger partial charge in [0.2, 0.25) is 0 Å². The van der Waals surface area contributed by atoms with Crippen LogP contribution in [0, 0.1) is 5.82 Å². The molecule has 0 aliphatic rings. The molecule has 2 aromatic rings. The number of halogens is 1. The van der Waals surface area contributed by atoms with Gasteiger partial charge in [-0.3, -0.25) is 0 Å². The number of rotatable bonds is 7. The Morgan fingerprint density at radius 2 is 1.81 bits per heavy atom. The molecule has 2 rings (SSSR count). The normalized spacial score (nSPS) is 10.3. The van der Waals surface area contributed by atoms with Crippen molar-refractivity contribution < 1.29 is 4.39 Å². The van der Waals surface area contributed by atoms with Crippen LogP contribution in [0.1, 0.15) is 59.4 Å². The van der Waals surface area contributed by atoms with Crippen LogP contribution < -0.4 is 11.1 Å². The molecule has 1 aromatic heterocycles. The van der Waals surface area contributed by atoms with Crippen LogP contribution in [0.4, 0.5) is 4.39 Å². The van der Waals surface area contributed by atoms with Gasteiger partial charge >= 0.3 is 0 Å². The van der Waals surface area contributed by atoms with Crippen LogP contribution in [0.5, 0.6) is 0 Å². The van der Waals surface area contributed by atoms with E-state index in [2.05, 4.69) is 35.4 Å². The summed E-state index contributed by atoms with van der Waals surface area (Å²) in [6.07, 6.45) is 8.46. The molecule has 1 heterocycles. The molecule has 0 saturated carbocycles. The molecule has 0 unspecified atom stereocenters. The van der Waals surface area contributed by atoms with Gasteiger partial charge < -0.3 is 11.1 Å². The Morgan fingerprint density at radius 3 is 2.37 bits per heavy atom. The summed E-state index contributed by atoms with van der Waals surface area (Å²) in [5.74, 6) is -0.248. The van der Waals surface area contributed by atoms with E-state index in [-0.39, 0.29) is 5.82 Å². The average molecular weight is 375 g/mol. The van der Waals surface area contributed by atoms with Crippen LogP contribution in [0.15, 0.2) is 42.7 Å². The third-order valence-corrected chi connectivity index (χ3v) is 3.38. The zero-order chi connectivity index (χ0) is 20.5. The van der Waals surface area contributed by atoms with Crippen molar-refractivity contribution in [3.8, 4) is 11.1 Å². The number of hydrogen-bond acceptors (Lipinski definition) is 4. The highest BCUT2D eigenvalue weighted by Gasteiger charge is 2.09. The molecule has 0 amide bonds. The highest BCUT2D eigenvalue weighted by Crippen LogP contribution is 2.25. The number of benzene rings is 1. The van der Waals surface area contributed by atoms with Gasteiger partial charge in [-0.05, 0) is 49.2 Å². The van der Waals surface area contributed by atoms with Crippen molar-refractivity contribution in [1.29, 1.82) is 0 Å². The van der Waals surface area contributed by atoms with E-state index in [1.54, 1.807) is 18.5 Å². The number of nitrogens with two attached hydrogens (primary N) is 1. The van der Waals surface area contributed by atoms with Gasteiger partial charge in [0.05, 0.1) is 12.4 Å². The van der Waals surface area contributed by atoms with Gasteiger partial charge in [0.25, 0.3) is 0 Å². The summed E-state index contributed by atoms with van der Waals surface area (Å²) in [4.78, 5) is 0. The number of hydrogen-bond donors (Lipinski definition) is 2. The lowest BCUT2D eigenvalue weighted by atomic mass is 10.0. The quantitative estimate of drug-likeness (QED) is 0.680. The largest absolute Gasteiger partial charge is 0.385 e. The van der Waals surface area contributed by atoms with E-state index in [0.717, 1.165) is 49.2 Å². The van der Waals surface area contributed by atoms with Crippen LogP contribution in [0.25, 0.3) is 16.8 Å². The fraction of sp³-hybridized carbons (Fsp3) is 0.455. The summed E-state index contributed by atoms with van der Waals surface area (Å²) >= 11 is 0. The fourth-order valence-corrected chi connectivity index (χ4v) is 2.20. The maximum atomic E-state index is 14.1. The second kappa shape index (κ2) is 15.9. The monoisotopic (exact) mass is 374 g/mol. The predicted molar refractivity (Wildman–Crippen MR) is 115 cm³/mol. The number of allylic oxidation sites excluding steroid dienone is 1. The predicted octanol–water partition coefficient (Wildman–Crippen LogP) is 5.41. The zero-order valence-corrected chi connectivity index (χ0v) is 17.4. The van der Waals surface area contributed by atoms with E-state index in [0.29, 0.717) is 5.56 Å². The molecule has 4 nitrogen and oxygen atoms in total. The van der Waals surface area contributed by atoms with Crippen molar-refractivity contribution in [1.82, 2.24) is 15.5 Å². The van der Waals surface area contributed by atoms with Gasteiger partial charge in [-0.2, -0.15) is 10.2 Å². The minimum absolute atomic E-state index is 0.248. The summed E-state index contributed by atoms with van der Waals surface area (Å²) in [5, 5.41) is 11.0. The van der Waals surface area contributed by atoms with Crippen LogP contribution in [-0.2, 0) is 0 Å². The molecule has 0 saturated heterocycles. The smallest absolute Gasteiger partial charge is 0.131 e. The Bertz CT molecular complexity index is 642. The molecule has 5 heteroatoms. The molecule has 1 aromatic carbocycles. The standard InChI is InChI=1S/C18H22FN3.C2H7N.C2H6/c1-3-5-6-18(20-10-4-2)14-7-8-17(19)16(12-14)15-9-11-21-22-13-15;1-2-3;1-2/h6-9,11-13,20H,3-5,10H2,1-2H3;2-3H2,1H3;1-2H3. The van der Waals surface area contributed by atoms with Crippen molar-refractivity contribution >= 4 is 5.70 Å². The number of aromatic nitrogens is 2. The van der Waals surface area contributed by atoms with Crippen molar-refractivity contribution in [3.63, 3.8) is 0 Å². The van der Waals surface area contributed by atoms with E-state index in [4.69, 9.17) is 5.73 Å². The van der Waals surface area contributed by atoms with Crippen LogP contribution in [-0.4, -0.2) is 23.3 Å². The average Bonchev–Trinajstić information content (AvgIpc) is 2.71. The number of unbranched alkanes of at least 4 members (excludes halogenated alkanes) is 1. The first-order valence-electron chi connectivity index (χ1n) is 9.88. The Hall–Kier alpha value is -2.27. The molecule has 0 aliphatic carbocycles. The van der Waals surface area contributed by atoms with Gasteiger partial charge in [-0.25, -0.2) is 4.39 Å². The van der Waals surface area contributed by atoms with E-state index >= 15 is 0 Å². The van der Waals surface area contributed by atoms with E-state index in [1.165, 1.54) is 6.07 Å². The van der Waals surface area contributed by atoms with Gasteiger partial charge in [0.15, 0.2) is 0 Å². The maximum absolute atomic E-state index is 14.1. The van der Waals surface area contributed by atoms with E-state index < -0.39 is 0 Å². The van der Waals surface area contributed by atoms with Gasteiger partial charge in [0, 0.05) is 23.4 Å². The maximum Gasteiger partial charge on any atom is 0.131 e. The Morgan fingerprint density at radius 1 is 1.11 bits per heavy atom. The minimum atomic E-state index is -0.248. The first kappa shape index (κ1) is 24.7. The number of nitrogens with zero attached hydrogens (tertiary/aromatic N) is 2. The Kier molecular flexibility index (Phi) is 14.6. The summed E-state index contributed by atoms with van der Waals surface area (Å²) < 4.78 is 14.1. The summed E-state index contributed by atoms with van der Waals surface area (Å²) in [6.45, 7) is 11.8. The lowest BCUT2D eigenvalue weighted by molar-refractivity contribution is 0.631. The molecule has 0 aliphatic heterocycles. The van der Waals surface area contributed by atoms with Crippen molar-refractivity contribution in [3.05, 3.63) is 54.1 Å². The number of nitrogens with one attached hydrogen (secondary N) is 1. The Labute approximate surface area is 164 Å². The molecule has 0 radical (unpaired) electrons. The second-order valence-electron chi connectivity index (χ2n) is 5.57.